The first kappa shape index (κ1) is 11.9. The molecular weight excluding hydrogens is 150 g/mol. The van der Waals surface area contributed by atoms with Crippen molar-refractivity contribution >= 4 is 0 Å². The Morgan fingerprint density at radius 3 is 2.42 bits per heavy atom. The van der Waals surface area contributed by atoms with E-state index in [1.165, 1.54) is 12.8 Å². The van der Waals surface area contributed by atoms with Crippen molar-refractivity contribution in [3.63, 3.8) is 0 Å². The summed E-state index contributed by atoms with van der Waals surface area (Å²) in [7, 11) is 0. The molecule has 0 radical (unpaired) electrons. The van der Waals surface area contributed by atoms with Gasteiger partial charge in [-0.1, -0.05) is 20.3 Å². The third kappa shape index (κ3) is 8.02. The quantitative estimate of drug-likeness (QED) is 0.599. The molecule has 0 aliphatic carbocycles. The van der Waals surface area contributed by atoms with Gasteiger partial charge in [-0.2, -0.15) is 0 Å². The van der Waals surface area contributed by atoms with Crippen LogP contribution in [-0.4, -0.2) is 19.3 Å². The van der Waals surface area contributed by atoms with Crippen molar-refractivity contribution in [2.45, 2.75) is 46.1 Å². The van der Waals surface area contributed by atoms with Crippen LogP contribution in [0.5, 0.6) is 0 Å². The van der Waals surface area contributed by atoms with Crippen LogP contribution in [0, 0.1) is 5.92 Å². The van der Waals surface area contributed by atoms with E-state index in [4.69, 9.17) is 10.5 Å². The van der Waals surface area contributed by atoms with Crippen LogP contribution < -0.4 is 5.73 Å². The van der Waals surface area contributed by atoms with Gasteiger partial charge in [0.1, 0.15) is 0 Å². The first-order chi connectivity index (χ1) is 5.66. The van der Waals surface area contributed by atoms with Crippen molar-refractivity contribution in [3.05, 3.63) is 0 Å². The Morgan fingerprint density at radius 1 is 1.25 bits per heavy atom. The van der Waals surface area contributed by atoms with E-state index in [2.05, 4.69) is 13.8 Å². The minimum absolute atomic E-state index is 0.270. The van der Waals surface area contributed by atoms with E-state index in [1.54, 1.807) is 0 Å². The van der Waals surface area contributed by atoms with Crippen LogP contribution in [-0.2, 0) is 4.74 Å². The fourth-order valence-corrected chi connectivity index (χ4v) is 1.13. The van der Waals surface area contributed by atoms with Crippen LogP contribution in [0.2, 0.25) is 0 Å². The van der Waals surface area contributed by atoms with Gasteiger partial charge in [0, 0.05) is 19.3 Å². The highest BCUT2D eigenvalue weighted by Gasteiger charge is 2.00. The zero-order valence-corrected chi connectivity index (χ0v) is 8.68. The van der Waals surface area contributed by atoms with Crippen LogP contribution >= 0.6 is 0 Å². The number of hydrogen-bond donors (Lipinski definition) is 1. The predicted octanol–water partition coefficient (Wildman–Crippen LogP) is 2.18. The van der Waals surface area contributed by atoms with Crippen LogP contribution in [0.1, 0.15) is 40.0 Å². The average molecular weight is 173 g/mol. The van der Waals surface area contributed by atoms with E-state index in [0.29, 0.717) is 5.92 Å². The highest BCUT2D eigenvalue weighted by molar-refractivity contribution is 4.53. The molecule has 2 nitrogen and oxygen atoms in total. The maximum atomic E-state index is 5.59. The fourth-order valence-electron chi connectivity index (χ4n) is 1.13. The molecule has 74 valence electrons. The fraction of sp³-hybridized carbons (Fsp3) is 1.00. The van der Waals surface area contributed by atoms with Crippen LogP contribution in [0.25, 0.3) is 0 Å². The van der Waals surface area contributed by atoms with Gasteiger partial charge in [0.15, 0.2) is 0 Å². The second-order valence-electron chi connectivity index (χ2n) is 3.73. The summed E-state index contributed by atoms with van der Waals surface area (Å²) in [5, 5.41) is 0. The standard InChI is InChI=1S/C10H23NO/c1-4-5-9(2)8-12-7-6-10(3)11/h9-10H,4-8,11H2,1-3H3. The molecule has 0 bridgehead atoms. The lowest BCUT2D eigenvalue weighted by atomic mass is 10.1. The Labute approximate surface area is 76.5 Å². The van der Waals surface area contributed by atoms with Gasteiger partial charge in [0.25, 0.3) is 0 Å². The topological polar surface area (TPSA) is 35.2 Å². The van der Waals surface area contributed by atoms with Crippen molar-refractivity contribution in [2.24, 2.45) is 11.7 Å². The third-order valence-electron chi connectivity index (χ3n) is 1.90. The van der Waals surface area contributed by atoms with Crippen molar-refractivity contribution in [1.82, 2.24) is 0 Å². The van der Waals surface area contributed by atoms with E-state index in [0.717, 1.165) is 19.6 Å². The number of hydrogen-bond acceptors (Lipinski definition) is 2. The molecule has 0 saturated carbocycles. The first-order valence-electron chi connectivity index (χ1n) is 5.00. The zero-order valence-electron chi connectivity index (χ0n) is 8.68. The van der Waals surface area contributed by atoms with Gasteiger partial charge in [0.05, 0.1) is 0 Å². The molecule has 0 aliphatic rings. The zero-order chi connectivity index (χ0) is 9.40. The monoisotopic (exact) mass is 173 g/mol. The number of ether oxygens (including phenoxy) is 1. The summed E-state index contributed by atoms with van der Waals surface area (Å²) >= 11 is 0. The summed E-state index contributed by atoms with van der Waals surface area (Å²) in [6.45, 7) is 8.15. The molecule has 0 heterocycles. The molecule has 2 atom stereocenters. The molecule has 0 amide bonds. The van der Waals surface area contributed by atoms with Gasteiger partial charge < -0.3 is 10.5 Å². The normalized spacial score (nSPS) is 16.0. The van der Waals surface area contributed by atoms with Crippen molar-refractivity contribution < 1.29 is 4.74 Å². The van der Waals surface area contributed by atoms with E-state index in [1.807, 2.05) is 6.92 Å². The van der Waals surface area contributed by atoms with Crippen LogP contribution in [0.15, 0.2) is 0 Å². The number of rotatable bonds is 7. The predicted molar refractivity (Wildman–Crippen MR) is 53.2 cm³/mol. The molecule has 0 saturated heterocycles. The van der Waals surface area contributed by atoms with Crippen molar-refractivity contribution in [2.75, 3.05) is 13.2 Å². The average Bonchev–Trinajstić information content (AvgIpc) is 1.98. The summed E-state index contributed by atoms with van der Waals surface area (Å²) in [6.07, 6.45) is 3.48. The first-order valence-corrected chi connectivity index (χ1v) is 5.00. The summed E-state index contributed by atoms with van der Waals surface area (Å²) in [6, 6.07) is 0.270. The molecule has 0 fully saturated rings. The molecule has 2 unspecified atom stereocenters. The molecule has 12 heavy (non-hydrogen) atoms. The van der Waals surface area contributed by atoms with Crippen LogP contribution in [0.4, 0.5) is 0 Å². The maximum absolute atomic E-state index is 5.59. The Morgan fingerprint density at radius 2 is 1.92 bits per heavy atom. The Kier molecular flexibility index (Phi) is 7.51. The van der Waals surface area contributed by atoms with E-state index in [9.17, 15) is 0 Å². The summed E-state index contributed by atoms with van der Waals surface area (Å²) < 4.78 is 5.48. The number of nitrogens with two attached hydrogens (primary N) is 1. The SMILES string of the molecule is CCCC(C)COCCC(C)N. The highest BCUT2D eigenvalue weighted by Crippen LogP contribution is 2.05. The summed E-state index contributed by atoms with van der Waals surface area (Å²) in [4.78, 5) is 0. The minimum Gasteiger partial charge on any atom is -0.381 e. The van der Waals surface area contributed by atoms with E-state index >= 15 is 0 Å². The second-order valence-corrected chi connectivity index (χ2v) is 3.73. The van der Waals surface area contributed by atoms with Gasteiger partial charge in [-0.3, -0.25) is 0 Å². The molecule has 0 rings (SSSR count). The van der Waals surface area contributed by atoms with Gasteiger partial charge in [0.2, 0.25) is 0 Å². The van der Waals surface area contributed by atoms with Crippen LogP contribution in [0.3, 0.4) is 0 Å². The highest BCUT2D eigenvalue weighted by atomic mass is 16.5. The smallest absolute Gasteiger partial charge is 0.0491 e. The Balaban J connectivity index is 3.08. The molecule has 0 spiro atoms. The summed E-state index contributed by atoms with van der Waals surface area (Å²) in [5.74, 6) is 0.697. The largest absolute Gasteiger partial charge is 0.381 e. The molecule has 0 aromatic rings. The second kappa shape index (κ2) is 7.56. The molecule has 2 heteroatoms. The lowest BCUT2D eigenvalue weighted by molar-refractivity contribution is 0.0970. The minimum atomic E-state index is 0.270. The molecule has 0 aromatic heterocycles. The van der Waals surface area contributed by atoms with Crippen molar-refractivity contribution in [3.8, 4) is 0 Å². The van der Waals surface area contributed by atoms with Gasteiger partial charge in [-0.15, -0.1) is 0 Å². The molecular formula is C10H23NO. The summed E-state index contributed by atoms with van der Waals surface area (Å²) in [5.41, 5.74) is 5.59. The van der Waals surface area contributed by atoms with Gasteiger partial charge in [-0.25, -0.2) is 0 Å². The third-order valence-corrected chi connectivity index (χ3v) is 1.90. The Hall–Kier alpha value is -0.0800. The van der Waals surface area contributed by atoms with E-state index < -0.39 is 0 Å². The van der Waals surface area contributed by atoms with Crippen molar-refractivity contribution in [1.29, 1.82) is 0 Å². The lowest BCUT2D eigenvalue weighted by Gasteiger charge is -2.11. The molecule has 0 aromatic carbocycles. The molecule has 2 N–H and O–H groups in total. The van der Waals surface area contributed by atoms with Gasteiger partial charge in [-0.05, 0) is 25.7 Å². The Bertz CT molecular complexity index is 93.8. The lowest BCUT2D eigenvalue weighted by Crippen LogP contribution is -2.18. The maximum Gasteiger partial charge on any atom is 0.0491 e. The van der Waals surface area contributed by atoms with Gasteiger partial charge >= 0.3 is 0 Å². The van der Waals surface area contributed by atoms with E-state index in [-0.39, 0.29) is 6.04 Å². The molecule has 0 aliphatic heterocycles.